The number of para-hydroxylation sites is 1. The lowest BCUT2D eigenvalue weighted by atomic mass is 10.1. The molecular formula is C25H26N4O2S. The number of carbonyl (C=O) groups is 1. The quantitative estimate of drug-likeness (QED) is 0.549. The zero-order valence-corrected chi connectivity index (χ0v) is 19.0. The first kappa shape index (κ1) is 22.0. The zero-order valence-electron chi connectivity index (χ0n) is 18.2. The maximum atomic E-state index is 12.8. The number of thiazole rings is 1. The van der Waals surface area contributed by atoms with Gasteiger partial charge < -0.3 is 9.64 Å². The summed E-state index contributed by atoms with van der Waals surface area (Å²) in [6.45, 7) is 6.53. The molecule has 4 rings (SSSR count). The summed E-state index contributed by atoms with van der Waals surface area (Å²) in [6, 6.07) is 17.7. The van der Waals surface area contributed by atoms with Crippen LogP contribution in [-0.2, 0) is 17.8 Å². The first-order valence-electron chi connectivity index (χ1n) is 10.8. The first-order chi connectivity index (χ1) is 15.7. The van der Waals surface area contributed by atoms with Crippen molar-refractivity contribution in [1.82, 2.24) is 14.8 Å². The number of amides is 1. The molecule has 0 N–H and O–H groups in total. The molecule has 164 valence electrons. The molecule has 7 heteroatoms. The molecule has 1 aromatic heterocycles. The van der Waals surface area contributed by atoms with Crippen LogP contribution in [0.2, 0.25) is 0 Å². The largest absolute Gasteiger partial charge is 0.493 e. The van der Waals surface area contributed by atoms with Crippen LogP contribution in [0.3, 0.4) is 0 Å². The van der Waals surface area contributed by atoms with E-state index in [1.165, 1.54) is 5.56 Å². The highest BCUT2D eigenvalue weighted by Gasteiger charge is 2.22. The monoisotopic (exact) mass is 446 g/mol. The second-order valence-corrected chi connectivity index (χ2v) is 8.57. The Morgan fingerprint density at radius 1 is 1.12 bits per heavy atom. The lowest BCUT2D eigenvalue weighted by Crippen LogP contribution is -2.48. The van der Waals surface area contributed by atoms with E-state index in [1.54, 1.807) is 11.3 Å². The average Bonchev–Trinajstić information content (AvgIpc) is 3.29. The van der Waals surface area contributed by atoms with Crippen LogP contribution in [0, 0.1) is 11.3 Å². The number of nitrogens with zero attached hydrogens (tertiary/aromatic N) is 4. The highest BCUT2D eigenvalue weighted by molar-refractivity contribution is 7.13. The van der Waals surface area contributed by atoms with Crippen LogP contribution in [0.1, 0.15) is 23.7 Å². The van der Waals surface area contributed by atoms with Crippen LogP contribution < -0.4 is 4.74 Å². The van der Waals surface area contributed by atoms with Crippen molar-refractivity contribution in [2.45, 2.75) is 19.9 Å². The summed E-state index contributed by atoms with van der Waals surface area (Å²) in [5.41, 5.74) is 3.64. The molecule has 1 aliphatic rings. The minimum absolute atomic E-state index is 0.123. The fourth-order valence-corrected chi connectivity index (χ4v) is 4.65. The number of hydrogen-bond acceptors (Lipinski definition) is 6. The van der Waals surface area contributed by atoms with Gasteiger partial charge in [-0.1, -0.05) is 24.3 Å². The summed E-state index contributed by atoms with van der Waals surface area (Å²) in [6.07, 6.45) is 0.322. The fourth-order valence-electron chi connectivity index (χ4n) is 3.80. The molecular weight excluding hydrogens is 420 g/mol. The molecule has 0 radical (unpaired) electrons. The van der Waals surface area contributed by atoms with Crippen molar-refractivity contribution < 1.29 is 9.53 Å². The molecule has 0 bridgehead atoms. The maximum Gasteiger partial charge on any atom is 0.228 e. The first-order valence-corrected chi connectivity index (χ1v) is 11.7. The van der Waals surface area contributed by atoms with Crippen molar-refractivity contribution in [3.63, 3.8) is 0 Å². The lowest BCUT2D eigenvalue weighted by molar-refractivity contribution is -0.132. The van der Waals surface area contributed by atoms with Gasteiger partial charge in [-0.15, -0.1) is 11.3 Å². The van der Waals surface area contributed by atoms with E-state index >= 15 is 0 Å². The standard InChI is InChI=1S/C25H26N4O2S/c1-2-31-23-6-4-3-5-22(23)25-27-21(18-32-25)15-24(30)29-13-11-28(12-14-29)17-20-9-7-19(16-26)8-10-20/h3-10,18H,2,11-15,17H2,1H3. The van der Waals surface area contributed by atoms with E-state index in [0.717, 1.165) is 54.7 Å². The van der Waals surface area contributed by atoms with Crippen LogP contribution in [-0.4, -0.2) is 53.5 Å². The van der Waals surface area contributed by atoms with Crippen molar-refractivity contribution >= 4 is 17.2 Å². The third-order valence-electron chi connectivity index (χ3n) is 5.52. The van der Waals surface area contributed by atoms with Gasteiger partial charge in [-0.3, -0.25) is 9.69 Å². The van der Waals surface area contributed by atoms with Crippen molar-refractivity contribution in [3.05, 3.63) is 70.7 Å². The predicted molar refractivity (Wildman–Crippen MR) is 125 cm³/mol. The van der Waals surface area contributed by atoms with Crippen molar-refractivity contribution in [3.8, 4) is 22.4 Å². The molecule has 3 aromatic rings. The molecule has 0 spiro atoms. The highest BCUT2D eigenvalue weighted by Crippen LogP contribution is 2.32. The molecule has 2 heterocycles. The van der Waals surface area contributed by atoms with Gasteiger partial charge >= 0.3 is 0 Å². The topological polar surface area (TPSA) is 69.5 Å². The van der Waals surface area contributed by atoms with Crippen LogP contribution in [0.4, 0.5) is 0 Å². The number of nitriles is 1. The summed E-state index contributed by atoms with van der Waals surface area (Å²) in [5.74, 6) is 0.943. The number of rotatable bonds is 7. The van der Waals surface area contributed by atoms with Crippen molar-refractivity contribution in [2.24, 2.45) is 0 Å². The summed E-state index contributed by atoms with van der Waals surface area (Å²) < 4.78 is 5.71. The molecule has 6 nitrogen and oxygen atoms in total. The van der Waals surface area contributed by atoms with Crippen molar-refractivity contribution in [2.75, 3.05) is 32.8 Å². The van der Waals surface area contributed by atoms with Gasteiger partial charge in [0.05, 0.1) is 35.9 Å². The number of hydrogen-bond donors (Lipinski definition) is 0. The Labute approximate surface area is 192 Å². The number of aromatic nitrogens is 1. The third-order valence-corrected chi connectivity index (χ3v) is 6.44. The molecule has 0 saturated carbocycles. The Hall–Kier alpha value is -3.21. The van der Waals surface area contributed by atoms with E-state index in [-0.39, 0.29) is 5.91 Å². The lowest BCUT2D eigenvalue weighted by Gasteiger charge is -2.34. The van der Waals surface area contributed by atoms with E-state index in [9.17, 15) is 4.79 Å². The van der Waals surface area contributed by atoms with Gasteiger partial charge in [-0.05, 0) is 36.8 Å². The average molecular weight is 447 g/mol. The number of carbonyl (C=O) groups excluding carboxylic acids is 1. The van der Waals surface area contributed by atoms with E-state index in [4.69, 9.17) is 15.0 Å². The Kier molecular flexibility index (Phi) is 7.15. The SMILES string of the molecule is CCOc1ccccc1-c1nc(CC(=O)N2CCN(Cc3ccc(C#N)cc3)CC2)cs1. The van der Waals surface area contributed by atoms with Crippen LogP contribution in [0.5, 0.6) is 5.75 Å². The minimum Gasteiger partial charge on any atom is -0.493 e. The number of piperazine rings is 1. The van der Waals surface area contributed by atoms with Gasteiger partial charge in [-0.2, -0.15) is 5.26 Å². The van der Waals surface area contributed by atoms with Gasteiger partial charge in [0.15, 0.2) is 0 Å². The maximum absolute atomic E-state index is 12.8. The van der Waals surface area contributed by atoms with E-state index in [1.807, 2.05) is 65.7 Å². The summed E-state index contributed by atoms with van der Waals surface area (Å²) >= 11 is 1.55. The summed E-state index contributed by atoms with van der Waals surface area (Å²) in [5, 5.41) is 11.8. The van der Waals surface area contributed by atoms with E-state index in [0.29, 0.717) is 18.6 Å². The summed E-state index contributed by atoms with van der Waals surface area (Å²) in [7, 11) is 0. The third kappa shape index (κ3) is 5.34. The summed E-state index contributed by atoms with van der Waals surface area (Å²) in [4.78, 5) is 21.8. The van der Waals surface area contributed by atoms with Gasteiger partial charge in [-0.25, -0.2) is 4.98 Å². The molecule has 1 fully saturated rings. The van der Waals surface area contributed by atoms with E-state index in [2.05, 4.69) is 11.0 Å². The Bertz CT molecular complexity index is 1100. The molecule has 1 amide bonds. The van der Waals surface area contributed by atoms with Gasteiger partial charge in [0.2, 0.25) is 5.91 Å². The second kappa shape index (κ2) is 10.4. The van der Waals surface area contributed by atoms with Crippen LogP contribution in [0.25, 0.3) is 10.6 Å². The van der Waals surface area contributed by atoms with Gasteiger partial charge in [0.1, 0.15) is 10.8 Å². The fraction of sp³-hybridized carbons (Fsp3) is 0.320. The van der Waals surface area contributed by atoms with Crippen LogP contribution >= 0.6 is 11.3 Å². The zero-order chi connectivity index (χ0) is 22.3. The predicted octanol–water partition coefficient (Wildman–Crippen LogP) is 3.97. The molecule has 2 aromatic carbocycles. The number of ether oxygens (including phenoxy) is 1. The van der Waals surface area contributed by atoms with E-state index < -0.39 is 0 Å². The van der Waals surface area contributed by atoms with Gasteiger partial charge in [0.25, 0.3) is 0 Å². The normalized spacial score (nSPS) is 14.2. The van der Waals surface area contributed by atoms with Crippen LogP contribution in [0.15, 0.2) is 53.9 Å². The molecule has 0 atom stereocenters. The minimum atomic E-state index is 0.123. The highest BCUT2D eigenvalue weighted by atomic mass is 32.1. The van der Waals surface area contributed by atoms with Gasteiger partial charge in [0, 0.05) is 38.1 Å². The Morgan fingerprint density at radius 2 is 1.88 bits per heavy atom. The smallest absolute Gasteiger partial charge is 0.228 e. The molecule has 1 aliphatic heterocycles. The Morgan fingerprint density at radius 3 is 2.59 bits per heavy atom. The molecule has 32 heavy (non-hydrogen) atoms. The Balaban J connectivity index is 1.30. The number of benzene rings is 2. The van der Waals surface area contributed by atoms with Crippen molar-refractivity contribution in [1.29, 1.82) is 5.26 Å². The molecule has 0 aliphatic carbocycles. The second-order valence-electron chi connectivity index (χ2n) is 7.72. The molecule has 0 unspecified atom stereocenters. The molecule has 1 saturated heterocycles.